The van der Waals surface area contributed by atoms with E-state index in [1.54, 1.807) is 0 Å². The normalized spacial score (nSPS) is 26.7. The van der Waals surface area contributed by atoms with Crippen LogP contribution in [0.4, 0.5) is 0 Å². The lowest BCUT2D eigenvalue weighted by atomic mass is 9.95. The third-order valence-corrected chi connectivity index (χ3v) is 7.75. The third kappa shape index (κ3) is 4.43. The van der Waals surface area contributed by atoms with E-state index in [9.17, 15) is 4.79 Å². The van der Waals surface area contributed by atoms with Crippen LogP contribution in [0.3, 0.4) is 0 Å². The molecule has 0 N–H and O–H groups in total. The lowest BCUT2D eigenvalue weighted by molar-refractivity contribution is -0.00979. The molecule has 1 heterocycles. The van der Waals surface area contributed by atoms with Gasteiger partial charge >= 0.3 is 5.97 Å². The highest BCUT2D eigenvalue weighted by molar-refractivity contribution is 14.1. The van der Waals surface area contributed by atoms with Crippen molar-refractivity contribution in [3.05, 3.63) is 28.4 Å². The molecular formula is C15H18I3NO2. The van der Waals surface area contributed by atoms with Crippen LogP contribution in [0, 0.1) is 10.7 Å². The van der Waals surface area contributed by atoms with Gasteiger partial charge in [-0.1, -0.05) is 0 Å². The highest BCUT2D eigenvalue weighted by atomic mass is 127. The first-order valence-corrected chi connectivity index (χ1v) is 10.1. The molecule has 2 atom stereocenters. The summed E-state index contributed by atoms with van der Waals surface area (Å²) in [7, 11) is 2.14. The van der Waals surface area contributed by atoms with Crippen molar-refractivity contribution < 1.29 is 9.53 Å². The summed E-state index contributed by atoms with van der Waals surface area (Å²) >= 11 is 6.72. The fourth-order valence-electron chi connectivity index (χ4n) is 2.64. The van der Waals surface area contributed by atoms with Crippen LogP contribution in [0.25, 0.3) is 0 Å². The van der Waals surface area contributed by atoms with Crippen LogP contribution < -0.4 is 0 Å². The largest absolute Gasteiger partial charge is 0.459 e. The Hall–Kier alpha value is 0.840. The molecule has 1 fully saturated rings. The van der Waals surface area contributed by atoms with Crippen LogP contribution in [0.15, 0.2) is 12.1 Å². The number of ether oxygens (including phenoxy) is 1. The van der Waals surface area contributed by atoms with Crippen LogP contribution in [0.5, 0.6) is 0 Å². The van der Waals surface area contributed by atoms with Crippen molar-refractivity contribution in [3.63, 3.8) is 0 Å². The Morgan fingerprint density at radius 1 is 1.19 bits per heavy atom. The average molecular weight is 625 g/mol. The van der Waals surface area contributed by atoms with Gasteiger partial charge in [-0.3, -0.25) is 0 Å². The average Bonchev–Trinajstić information content (AvgIpc) is 2.39. The number of likely N-dealkylation sites (tertiary alicyclic amines) is 1. The fourth-order valence-corrected chi connectivity index (χ4v) is 5.02. The maximum Gasteiger partial charge on any atom is 0.339 e. The zero-order chi connectivity index (χ0) is 15.7. The summed E-state index contributed by atoms with van der Waals surface area (Å²) < 4.78 is 8.92. The van der Waals surface area contributed by atoms with E-state index in [0.717, 1.165) is 23.6 Å². The molecule has 0 saturated carbocycles. The summed E-state index contributed by atoms with van der Waals surface area (Å²) in [6.07, 6.45) is 1.83. The van der Waals surface area contributed by atoms with E-state index in [1.165, 1.54) is 0 Å². The molecule has 6 heteroatoms. The molecule has 0 radical (unpaired) electrons. The summed E-state index contributed by atoms with van der Waals surface area (Å²) in [5.41, 5.74) is 0.686. The Morgan fingerprint density at radius 3 is 2.33 bits per heavy atom. The predicted molar refractivity (Wildman–Crippen MR) is 110 cm³/mol. The van der Waals surface area contributed by atoms with Gasteiger partial charge in [0.15, 0.2) is 0 Å². The molecule has 0 spiro atoms. The molecule has 21 heavy (non-hydrogen) atoms. The fraction of sp³-hybridized carbons (Fsp3) is 0.533. The van der Waals surface area contributed by atoms with E-state index < -0.39 is 0 Å². The van der Waals surface area contributed by atoms with Gasteiger partial charge in [0.05, 0.1) is 5.56 Å². The molecule has 1 aliphatic rings. The van der Waals surface area contributed by atoms with Crippen LogP contribution in [0.2, 0.25) is 0 Å². The third-order valence-electron chi connectivity index (χ3n) is 4.09. The lowest BCUT2D eigenvalue weighted by Crippen LogP contribution is -2.46. The highest BCUT2D eigenvalue weighted by Crippen LogP contribution is 2.27. The monoisotopic (exact) mass is 625 g/mol. The molecule has 1 saturated heterocycles. The van der Waals surface area contributed by atoms with Crippen LogP contribution in [-0.2, 0) is 4.74 Å². The quantitative estimate of drug-likeness (QED) is 0.275. The SMILES string of the molecule is CC1CC(OC(=O)c2cc(I)cc(I)c2I)CC(C)N1C. The van der Waals surface area contributed by atoms with E-state index in [-0.39, 0.29) is 12.1 Å². The first-order valence-electron chi connectivity index (χ1n) is 6.87. The molecule has 2 rings (SSSR count). The molecule has 2 unspecified atom stereocenters. The Kier molecular flexibility index (Phi) is 6.59. The molecule has 116 valence electrons. The zero-order valence-electron chi connectivity index (χ0n) is 12.2. The molecule has 0 bridgehead atoms. The van der Waals surface area contributed by atoms with E-state index in [4.69, 9.17) is 4.74 Å². The van der Waals surface area contributed by atoms with Gasteiger partial charge in [0.25, 0.3) is 0 Å². The van der Waals surface area contributed by atoms with Gasteiger partial charge in [-0.25, -0.2) is 4.79 Å². The Labute approximate surface area is 167 Å². The van der Waals surface area contributed by atoms with E-state index >= 15 is 0 Å². The topological polar surface area (TPSA) is 29.5 Å². The molecule has 1 aromatic rings. The summed E-state index contributed by atoms with van der Waals surface area (Å²) in [5, 5.41) is 0. The highest BCUT2D eigenvalue weighted by Gasteiger charge is 2.31. The smallest absolute Gasteiger partial charge is 0.339 e. The Balaban J connectivity index is 2.12. The lowest BCUT2D eigenvalue weighted by Gasteiger charge is -2.39. The maximum absolute atomic E-state index is 12.5. The first kappa shape index (κ1) is 18.2. The van der Waals surface area contributed by atoms with E-state index in [0.29, 0.717) is 17.6 Å². The van der Waals surface area contributed by atoms with Crippen molar-refractivity contribution in [2.45, 2.75) is 44.9 Å². The summed E-state index contributed by atoms with van der Waals surface area (Å²) in [6.45, 7) is 4.38. The first-order chi connectivity index (χ1) is 9.79. The Bertz CT molecular complexity index is 538. The molecule has 0 aromatic heterocycles. The number of rotatable bonds is 2. The van der Waals surface area contributed by atoms with Crippen molar-refractivity contribution in [2.24, 2.45) is 0 Å². The van der Waals surface area contributed by atoms with E-state index in [1.807, 2.05) is 6.07 Å². The van der Waals surface area contributed by atoms with Gasteiger partial charge in [-0.15, -0.1) is 0 Å². The maximum atomic E-state index is 12.5. The second-order valence-corrected chi connectivity index (χ2v) is 9.10. The molecule has 0 amide bonds. The number of piperidine rings is 1. The van der Waals surface area contributed by atoms with Crippen molar-refractivity contribution >= 4 is 73.7 Å². The van der Waals surface area contributed by atoms with Crippen LogP contribution in [0.1, 0.15) is 37.0 Å². The van der Waals surface area contributed by atoms with Gasteiger partial charge in [0, 0.05) is 22.8 Å². The van der Waals surface area contributed by atoms with Gasteiger partial charge in [0.1, 0.15) is 6.10 Å². The standard InChI is InChI=1S/C15H18I3NO2/c1-8-4-11(5-9(2)19(8)3)21-15(20)12-6-10(16)7-13(17)14(12)18/h6-9,11H,4-5H2,1-3H3. The number of nitrogens with zero attached hydrogens (tertiary/aromatic N) is 1. The van der Waals surface area contributed by atoms with Gasteiger partial charge in [-0.2, -0.15) is 0 Å². The van der Waals surface area contributed by atoms with Crippen LogP contribution >= 0.6 is 67.8 Å². The number of hydrogen-bond acceptors (Lipinski definition) is 3. The van der Waals surface area contributed by atoms with Crippen molar-refractivity contribution in [1.29, 1.82) is 0 Å². The van der Waals surface area contributed by atoms with Crippen LogP contribution in [-0.4, -0.2) is 36.1 Å². The summed E-state index contributed by atoms with van der Waals surface area (Å²) in [4.78, 5) is 14.8. The predicted octanol–water partition coefficient (Wildman–Crippen LogP) is 4.53. The Morgan fingerprint density at radius 2 is 1.76 bits per heavy atom. The number of benzene rings is 1. The minimum absolute atomic E-state index is 0.0185. The number of hydrogen-bond donors (Lipinski definition) is 0. The zero-order valence-corrected chi connectivity index (χ0v) is 18.7. The molecule has 1 aliphatic heterocycles. The van der Waals surface area contributed by atoms with E-state index in [2.05, 4.69) is 99.6 Å². The van der Waals surface area contributed by atoms with Crippen molar-refractivity contribution in [3.8, 4) is 0 Å². The van der Waals surface area contributed by atoms with Crippen molar-refractivity contribution in [2.75, 3.05) is 7.05 Å². The van der Waals surface area contributed by atoms with Gasteiger partial charge < -0.3 is 9.64 Å². The molecular weight excluding hydrogens is 607 g/mol. The number of esters is 1. The van der Waals surface area contributed by atoms with Gasteiger partial charge in [0.2, 0.25) is 0 Å². The number of carbonyl (C=O) groups is 1. The molecule has 1 aromatic carbocycles. The van der Waals surface area contributed by atoms with Gasteiger partial charge in [-0.05, 0) is 114 Å². The second-order valence-electron chi connectivity index (χ2n) is 5.61. The van der Waals surface area contributed by atoms with Crippen molar-refractivity contribution in [1.82, 2.24) is 4.90 Å². The number of carbonyl (C=O) groups excluding carboxylic acids is 1. The molecule has 0 aliphatic carbocycles. The summed E-state index contributed by atoms with van der Waals surface area (Å²) in [5.74, 6) is -0.190. The summed E-state index contributed by atoms with van der Waals surface area (Å²) in [6, 6.07) is 4.87. The second kappa shape index (κ2) is 7.61. The minimum atomic E-state index is -0.190. The minimum Gasteiger partial charge on any atom is -0.459 e. The molecule has 3 nitrogen and oxygen atoms in total. The number of halogens is 3.